The molecule has 27 heavy (non-hydrogen) atoms. The molecule has 0 radical (unpaired) electrons. The number of nitrogens with one attached hydrogen (secondary N) is 1. The third-order valence-electron chi connectivity index (χ3n) is 4.18. The lowest BCUT2D eigenvalue weighted by Crippen LogP contribution is -2.20. The molecule has 4 nitrogen and oxygen atoms in total. The van der Waals surface area contributed by atoms with Crippen LogP contribution in [0.25, 0.3) is 11.3 Å². The summed E-state index contributed by atoms with van der Waals surface area (Å²) in [5.74, 6) is 0.517. The van der Waals surface area contributed by atoms with Crippen LogP contribution in [0.2, 0.25) is 0 Å². The van der Waals surface area contributed by atoms with Crippen molar-refractivity contribution in [1.29, 1.82) is 0 Å². The first-order chi connectivity index (χ1) is 13.0. The Morgan fingerprint density at radius 3 is 2.48 bits per heavy atom. The van der Waals surface area contributed by atoms with Gasteiger partial charge in [0.2, 0.25) is 0 Å². The van der Waals surface area contributed by atoms with E-state index < -0.39 is 0 Å². The van der Waals surface area contributed by atoms with Gasteiger partial charge < -0.3 is 4.74 Å². The van der Waals surface area contributed by atoms with Crippen LogP contribution >= 0.6 is 27.3 Å². The van der Waals surface area contributed by atoms with Crippen LogP contribution in [0.3, 0.4) is 0 Å². The normalized spacial score (nSPS) is 10.7. The van der Waals surface area contributed by atoms with Crippen LogP contribution in [0.1, 0.15) is 23.6 Å². The molecule has 0 unspecified atom stereocenters. The van der Waals surface area contributed by atoms with Crippen LogP contribution in [0.15, 0.2) is 46.3 Å². The first-order valence-corrected chi connectivity index (χ1v) is 10.4. The number of rotatable bonds is 6. The summed E-state index contributed by atoms with van der Waals surface area (Å²) < 4.78 is 6.71. The van der Waals surface area contributed by atoms with E-state index in [4.69, 9.17) is 4.74 Å². The number of halogens is 1. The number of carbonyl (C=O) groups excluding carboxylic acids is 1. The zero-order chi connectivity index (χ0) is 19.4. The van der Waals surface area contributed by atoms with Crippen molar-refractivity contribution in [2.75, 3.05) is 11.9 Å². The number of aryl methyl sites for hydroxylation is 3. The number of nitrogens with zero attached hydrogens (tertiary/aromatic N) is 1. The molecule has 0 fully saturated rings. The molecule has 0 aliphatic carbocycles. The second-order valence-electron chi connectivity index (χ2n) is 6.29. The highest BCUT2D eigenvalue weighted by Crippen LogP contribution is 2.28. The van der Waals surface area contributed by atoms with Gasteiger partial charge >= 0.3 is 0 Å². The van der Waals surface area contributed by atoms with Gasteiger partial charge in [-0.3, -0.25) is 10.1 Å². The van der Waals surface area contributed by atoms with Crippen LogP contribution in [-0.4, -0.2) is 17.5 Å². The molecule has 3 aromatic rings. The Hall–Kier alpha value is -2.18. The van der Waals surface area contributed by atoms with Crippen LogP contribution in [-0.2, 0) is 11.2 Å². The minimum atomic E-state index is -0.223. The summed E-state index contributed by atoms with van der Waals surface area (Å²) in [6.07, 6.45) is 1.01. The van der Waals surface area contributed by atoms with Gasteiger partial charge in [0.05, 0.1) is 5.69 Å². The molecule has 0 aliphatic rings. The molecular formula is C21H21BrN2O2S. The summed E-state index contributed by atoms with van der Waals surface area (Å²) in [7, 11) is 0. The lowest BCUT2D eigenvalue weighted by Gasteiger charge is -2.12. The first-order valence-electron chi connectivity index (χ1n) is 8.70. The summed E-state index contributed by atoms with van der Waals surface area (Å²) in [6, 6.07) is 12.3. The van der Waals surface area contributed by atoms with Gasteiger partial charge in [-0.2, -0.15) is 0 Å². The van der Waals surface area contributed by atoms with Crippen LogP contribution in [0, 0.1) is 13.8 Å². The maximum Gasteiger partial charge on any atom is 0.264 e. The van der Waals surface area contributed by atoms with Crippen molar-refractivity contribution in [2.45, 2.75) is 27.2 Å². The van der Waals surface area contributed by atoms with E-state index in [-0.39, 0.29) is 12.5 Å². The van der Waals surface area contributed by atoms with Crippen molar-refractivity contribution in [3.8, 4) is 17.0 Å². The molecule has 0 bridgehead atoms. The molecule has 1 aromatic heterocycles. The second kappa shape index (κ2) is 8.67. The molecule has 0 saturated carbocycles. The summed E-state index contributed by atoms with van der Waals surface area (Å²) in [4.78, 5) is 16.7. The maximum absolute atomic E-state index is 12.2. The molecule has 2 aromatic carbocycles. The van der Waals surface area contributed by atoms with Crippen molar-refractivity contribution in [1.82, 2.24) is 4.98 Å². The van der Waals surface area contributed by atoms with Crippen LogP contribution in [0.4, 0.5) is 5.13 Å². The Morgan fingerprint density at radius 2 is 1.85 bits per heavy atom. The molecule has 0 spiro atoms. The SMILES string of the molecule is CCc1ccc(-c2csc(NC(=O)COc3c(C)cc(Br)cc3C)n2)cc1. The van der Waals surface area contributed by atoms with Crippen LogP contribution in [0.5, 0.6) is 5.75 Å². The average molecular weight is 445 g/mol. The smallest absolute Gasteiger partial charge is 0.264 e. The van der Waals surface area contributed by atoms with Gasteiger partial charge in [0.1, 0.15) is 5.75 Å². The quantitative estimate of drug-likeness (QED) is 0.524. The van der Waals surface area contributed by atoms with Gasteiger partial charge in [-0.15, -0.1) is 11.3 Å². The van der Waals surface area contributed by atoms with Crippen molar-refractivity contribution in [2.24, 2.45) is 0 Å². The van der Waals surface area contributed by atoms with Crippen molar-refractivity contribution in [3.05, 3.63) is 62.9 Å². The van der Waals surface area contributed by atoms with E-state index in [1.54, 1.807) is 0 Å². The fraction of sp³-hybridized carbons (Fsp3) is 0.238. The number of anilines is 1. The molecule has 1 N–H and O–H groups in total. The molecule has 3 rings (SSSR count). The highest BCUT2D eigenvalue weighted by molar-refractivity contribution is 9.10. The minimum Gasteiger partial charge on any atom is -0.483 e. The Morgan fingerprint density at radius 1 is 1.19 bits per heavy atom. The fourth-order valence-corrected chi connectivity index (χ4v) is 4.22. The van der Waals surface area contributed by atoms with E-state index in [1.165, 1.54) is 16.9 Å². The maximum atomic E-state index is 12.2. The monoisotopic (exact) mass is 444 g/mol. The summed E-state index contributed by atoms with van der Waals surface area (Å²) in [5, 5.41) is 5.33. The van der Waals surface area contributed by atoms with Gasteiger partial charge in [-0.25, -0.2) is 4.98 Å². The molecule has 0 aliphatic heterocycles. The Kier molecular flexibility index (Phi) is 6.29. The lowest BCUT2D eigenvalue weighted by atomic mass is 10.1. The first kappa shape index (κ1) is 19.6. The number of aromatic nitrogens is 1. The number of benzene rings is 2. The van der Waals surface area contributed by atoms with E-state index in [0.717, 1.165) is 39.0 Å². The third kappa shape index (κ3) is 4.96. The molecule has 1 amide bonds. The molecule has 0 saturated heterocycles. The largest absolute Gasteiger partial charge is 0.483 e. The highest BCUT2D eigenvalue weighted by atomic mass is 79.9. The Bertz CT molecular complexity index is 928. The minimum absolute atomic E-state index is 0.0522. The van der Waals surface area contributed by atoms with Gasteiger partial charge in [-0.1, -0.05) is 47.1 Å². The predicted molar refractivity (Wildman–Crippen MR) is 115 cm³/mol. The fourth-order valence-electron chi connectivity index (χ4n) is 2.79. The molecule has 1 heterocycles. The van der Waals surface area contributed by atoms with Crippen molar-refractivity contribution >= 4 is 38.3 Å². The number of hydrogen-bond acceptors (Lipinski definition) is 4. The highest BCUT2D eigenvalue weighted by Gasteiger charge is 2.11. The van der Waals surface area contributed by atoms with E-state index in [1.807, 2.05) is 31.4 Å². The van der Waals surface area contributed by atoms with Gasteiger partial charge in [0.25, 0.3) is 5.91 Å². The molecule has 6 heteroatoms. The zero-order valence-electron chi connectivity index (χ0n) is 15.5. The second-order valence-corrected chi connectivity index (χ2v) is 8.07. The topological polar surface area (TPSA) is 51.2 Å². The number of carbonyl (C=O) groups is 1. The van der Waals surface area contributed by atoms with Crippen molar-refractivity contribution in [3.63, 3.8) is 0 Å². The summed E-state index contributed by atoms with van der Waals surface area (Å²) >= 11 is 4.87. The zero-order valence-corrected chi connectivity index (χ0v) is 17.9. The summed E-state index contributed by atoms with van der Waals surface area (Å²) in [6.45, 7) is 6.00. The van der Waals surface area contributed by atoms with Gasteiger partial charge in [0, 0.05) is 15.4 Å². The number of ether oxygens (including phenoxy) is 1. The Balaban J connectivity index is 1.61. The number of amides is 1. The number of hydrogen-bond donors (Lipinski definition) is 1. The number of thiazole rings is 1. The molecule has 0 atom stereocenters. The van der Waals surface area contributed by atoms with Crippen molar-refractivity contribution < 1.29 is 9.53 Å². The standard InChI is InChI=1S/C21H21BrN2O2S/c1-4-15-5-7-16(8-6-15)18-12-27-21(23-18)24-19(25)11-26-20-13(2)9-17(22)10-14(20)3/h5-10,12H,4,11H2,1-3H3,(H,23,24,25). The van der Waals surface area contributed by atoms with E-state index >= 15 is 0 Å². The van der Waals surface area contributed by atoms with Gasteiger partial charge in [0.15, 0.2) is 11.7 Å². The molecule has 140 valence electrons. The van der Waals surface area contributed by atoms with Gasteiger partial charge in [-0.05, 0) is 49.1 Å². The van der Waals surface area contributed by atoms with Crippen LogP contribution < -0.4 is 10.1 Å². The molecular weight excluding hydrogens is 424 g/mol. The third-order valence-corrected chi connectivity index (χ3v) is 5.40. The average Bonchev–Trinajstić information content (AvgIpc) is 3.09. The van der Waals surface area contributed by atoms with E-state index in [0.29, 0.717) is 5.13 Å². The van der Waals surface area contributed by atoms with E-state index in [9.17, 15) is 4.79 Å². The van der Waals surface area contributed by atoms with E-state index in [2.05, 4.69) is 57.4 Å². The lowest BCUT2D eigenvalue weighted by molar-refractivity contribution is -0.118. The predicted octanol–water partition coefficient (Wildman–Crippen LogP) is 5.77. The summed E-state index contributed by atoms with van der Waals surface area (Å²) in [5.41, 5.74) is 5.17. The Labute approximate surface area is 171 Å².